The van der Waals surface area contributed by atoms with Gasteiger partial charge in [0.25, 0.3) is 5.91 Å². The first-order valence-electron chi connectivity index (χ1n) is 5.57. The number of carbonyl (C=O) groups excluding carboxylic acids is 2. The predicted octanol–water partition coefficient (Wildman–Crippen LogP) is 0.626. The van der Waals surface area contributed by atoms with Gasteiger partial charge in [0.2, 0.25) is 0 Å². The van der Waals surface area contributed by atoms with Crippen LogP contribution in [-0.2, 0) is 4.79 Å². The maximum Gasteiger partial charge on any atom is 0.251 e. The van der Waals surface area contributed by atoms with Crippen molar-refractivity contribution >= 4 is 11.7 Å². The largest absolute Gasteiger partial charge is 0.342 e. The molecule has 1 amide bonds. The lowest BCUT2D eigenvalue weighted by atomic mass is 10.0. The maximum absolute atomic E-state index is 13.0. The number of hydrogen-bond donors (Lipinski definition) is 2. The Morgan fingerprint density at radius 2 is 2.11 bits per heavy atom. The number of carbonyl (C=O) groups is 2. The molecule has 2 N–H and O–H groups in total. The first kappa shape index (κ1) is 12.6. The number of rotatable bonds is 2. The first-order valence-corrected chi connectivity index (χ1v) is 5.57. The van der Waals surface area contributed by atoms with Crippen molar-refractivity contribution in [1.82, 2.24) is 10.6 Å². The molecule has 4 nitrogen and oxygen atoms in total. The predicted molar refractivity (Wildman–Crippen MR) is 60.1 cm³/mol. The number of amides is 1. The second-order valence-corrected chi connectivity index (χ2v) is 4.09. The number of piperidine rings is 1. The first-order chi connectivity index (χ1) is 8.58. The summed E-state index contributed by atoms with van der Waals surface area (Å²) in [5, 5.41) is 5.40. The Kier molecular flexibility index (Phi) is 3.66. The van der Waals surface area contributed by atoms with Gasteiger partial charge in [-0.2, -0.15) is 0 Å². The van der Waals surface area contributed by atoms with Crippen LogP contribution in [-0.4, -0.2) is 30.8 Å². The van der Waals surface area contributed by atoms with Crippen LogP contribution in [0.1, 0.15) is 16.8 Å². The van der Waals surface area contributed by atoms with Gasteiger partial charge in [-0.3, -0.25) is 9.59 Å². The molecule has 1 aromatic rings. The average Bonchev–Trinajstić information content (AvgIpc) is 2.35. The van der Waals surface area contributed by atoms with Crippen molar-refractivity contribution < 1.29 is 18.4 Å². The number of ketones is 1. The monoisotopic (exact) mass is 254 g/mol. The van der Waals surface area contributed by atoms with Gasteiger partial charge in [0.1, 0.15) is 0 Å². The Morgan fingerprint density at radius 1 is 1.33 bits per heavy atom. The Hall–Kier alpha value is -1.82. The highest BCUT2D eigenvalue weighted by atomic mass is 19.2. The Labute approximate surface area is 102 Å². The fourth-order valence-corrected chi connectivity index (χ4v) is 1.77. The molecule has 0 spiro atoms. The van der Waals surface area contributed by atoms with Crippen LogP contribution >= 0.6 is 0 Å². The van der Waals surface area contributed by atoms with Crippen molar-refractivity contribution in [2.24, 2.45) is 0 Å². The minimum absolute atomic E-state index is 0.000215. The lowest BCUT2D eigenvalue weighted by Crippen LogP contribution is -2.50. The average molecular weight is 254 g/mol. The van der Waals surface area contributed by atoms with Crippen LogP contribution in [0.3, 0.4) is 0 Å². The molecule has 1 fully saturated rings. The van der Waals surface area contributed by atoms with E-state index in [1.165, 1.54) is 6.07 Å². The van der Waals surface area contributed by atoms with Gasteiger partial charge in [0.05, 0.1) is 12.6 Å². The molecule has 1 aliphatic rings. The van der Waals surface area contributed by atoms with Gasteiger partial charge in [-0.15, -0.1) is 0 Å². The van der Waals surface area contributed by atoms with Gasteiger partial charge < -0.3 is 10.6 Å². The summed E-state index contributed by atoms with van der Waals surface area (Å²) in [6.45, 7) is 0.844. The normalized spacial score (nSPS) is 19.7. The molecule has 1 heterocycles. The van der Waals surface area contributed by atoms with Crippen molar-refractivity contribution in [2.45, 2.75) is 12.5 Å². The molecule has 0 saturated carbocycles. The second-order valence-electron chi connectivity index (χ2n) is 4.09. The number of hydrogen-bond acceptors (Lipinski definition) is 3. The van der Waals surface area contributed by atoms with Crippen LogP contribution in [0.15, 0.2) is 18.2 Å². The van der Waals surface area contributed by atoms with E-state index >= 15 is 0 Å². The van der Waals surface area contributed by atoms with E-state index in [1.807, 2.05) is 0 Å². The molecular formula is C12H12F2N2O2. The van der Waals surface area contributed by atoms with E-state index in [0.29, 0.717) is 13.0 Å². The van der Waals surface area contributed by atoms with Gasteiger partial charge in [0.15, 0.2) is 17.4 Å². The van der Waals surface area contributed by atoms with Gasteiger partial charge in [-0.25, -0.2) is 8.78 Å². The molecule has 18 heavy (non-hydrogen) atoms. The highest BCUT2D eigenvalue weighted by Gasteiger charge is 2.24. The smallest absolute Gasteiger partial charge is 0.251 e. The fraction of sp³-hybridized carbons (Fsp3) is 0.333. The van der Waals surface area contributed by atoms with Gasteiger partial charge >= 0.3 is 0 Å². The lowest BCUT2D eigenvalue weighted by Gasteiger charge is -2.22. The second kappa shape index (κ2) is 5.22. The summed E-state index contributed by atoms with van der Waals surface area (Å²) >= 11 is 0. The van der Waals surface area contributed by atoms with Crippen LogP contribution in [0.5, 0.6) is 0 Å². The highest BCUT2D eigenvalue weighted by molar-refractivity contribution is 5.98. The minimum Gasteiger partial charge on any atom is -0.342 e. The summed E-state index contributed by atoms with van der Waals surface area (Å²) < 4.78 is 25.7. The van der Waals surface area contributed by atoms with E-state index in [1.54, 1.807) is 0 Å². The summed E-state index contributed by atoms with van der Waals surface area (Å²) in [4.78, 5) is 23.2. The summed E-state index contributed by atoms with van der Waals surface area (Å²) in [6.07, 6.45) is 0.494. The third-order valence-electron chi connectivity index (χ3n) is 2.78. The van der Waals surface area contributed by atoms with E-state index in [9.17, 15) is 18.4 Å². The quantitative estimate of drug-likeness (QED) is 0.813. The molecule has 1 saturated heterocycles. The third-order valence-corrected chi connectivity index (χ3v) is 2.78. The topological polar surface area (TPSA) is 58.2 Å². The van der Waals surface area contributed by atoms with Crippen LogP contribution in [0.4, 0.5) is 8.78 Å². The molecule has 1 aromatic carbocycles. The van der Waals surface area contributed by atoms with Crippen LogP contribution in [0, 0.1) is 11.6 Å². The zero-order valence-electron chi connectivity index (χ0n) is 9.50. The van der Waals surface area contributed by atoms with Crippen LogP contribution in [0.25, 0.3) is 0 Å². The molecule has 6 heteroatoms. The minimum atomic E-state index is -1.08. The van der Waals surface area contributed by atoms with E-state index < -0.39 is 23.6 Å². The summed E-state index contributed by atoms with van der Waals surface area (Å²) in [5.74, 6) is -2.78. The maximum atomic E-state index is 13.0. The van der Waals surface area contributed by atoms with Gasteiger partial charge in [-0.1, -0.05) is 0 Å². The van der Waals surface area contributed by atoms with E-state index in [-0.39, 0.29) is 17.9 Å². The molecular weight excluding hydrogens is 242 g/mol. The Bertz CT molecular complexity index is 491. The number of benzene rings is 1. The zero-order valence-corrected chi connectivity index (χ0v) is 9.50. The van der Waals surface area contributed by atoms with Gasteiger partial charge in [-0.05, 0) is 31.2 Å². The number of halogens is 2. The number of nitrogens with one attached hydrogen (secondary N) is 2. The molecule has 1 atom stereocenters. The molecule has 2 rings (SSSR count). The van der Waals surface area contributed by atoms with Crippen molar-refractivity contribution in [2.75, 3.05) is 13.1 Å². The molecule has 1 aliphatic heterocycles. The molecule has 0 aliphatic carbocycles. The highest BCUT2D eigenvalue weighted by Crippen LogP contribution is 2.09. The third kappa shape index (κ3) is 2.70. The van der Waals surface area contributed by atoms with Crippen molar-refractivity contribution in [3.05, 3.63) is 35.4 Å². The Morgan fingerprint density at radius 3 is 2.78 bits per heavy atom. The Balaban J connectivity index is 2.07. The number of Topliss-reactive ketones (excluding diaryl/α,β-unsaturated/α-hetero) is 1. The molecule has 1 unspecified atom stereocenters. The SMILES string of the molecule is O=C(NC1CCNCC1=O)c1ccc(F)c(F)c1. The van der Waals surface area contributed by atoms with Crippen LogP contribution < -0.4 is 10.6 Å². The van der Waals surface area contributed by atoms with Crippen molar-refractivity contribution in [3.8, 4) is 0 Å². The zero-order chi connectivity index (χ0) is 13.1. The fourth-order valence-electron chi connectivity index (χ4n) is 1.77. The summed E-state index contributed by atoms with van der Waals surface area (Å²) in [7, 11) is 0. The molecule has 0 bridgehead atoms. The molecule has 0 aromatic heterocycles. The summed E-state index contributed by atoms with van der Waals surface area (Å²) in [6, 6.07) is 2.32. The lowest BCUT2D eigenvalue weighted by molar-refractivity contribution is -0.121. The molecule has 0 radical (unpaired) electrons. The van der Waals surface area contributed by atoms with Crippen molar-refractivity contribution in [3.63, 3.8) is 0 Å². The van der Waals surface area contributed by atoms with Crippen molar-refractivity contribution in [1.29, 1.82) is 0 Å². The van der Waals surface area contributed by atoms with E-state index in [2.05, 4.69) is 10.6 Å². The van der Waals surface area contributed by atoms with Crippen LogP contribution in [0.2, 0.25) is 0 Å². The van der Waals surface area contributed by atoms with E-state index in [0.717, 1.165) is 12.1 Å². The van der Waals surface area contributed by atoms with E-state index in [4.69, 9.17) is 0 Å². The van der Waals surface area contributed by atoms with Gasteiger partial charge in [0, 0.05) is 5.56 Å². The molecule has 96 valence electrons. The standard InChI is InChI=1S/C12H12F2N2O2/c13-8-2-1-7(5-9(8)14)12(18)16-10-3-4-15-6-11(10)17/h1-2,5,10,15H,3-4,6H2,(H,16,18). The summed E-state index contributed by atoms with van der Waals surface area (Å²) in [5.41, 5.74) is 0.000215.